The second-order valence-corrected chi connectivity index (χ2v) is 16.2. The van der Waals surface area contributed by atoms with E-state index in [0.717, 1.165) is 6.42 Å². The fourth-order valence-electron chi connectivity index (χ4n) is 10.3. The molecule has 0 heteroatoms. The molecule has 0 saturated heterocycles. The lowest BCUT2D eigenvalue weighted by atomic mass is 9.74. The molecule has 11 aromatic rings. The van der Waals surface area contributed by atoms with Crippen molar-refractivity contribution >= 4 is 32.3 Å². The molecule has 0 nitrogen and oxygen atoms in total. The summed E-state index contributed by atoms with van der Waals surface area (Å²) in [6, 6.07) is 85.5. The summed E-state index contributed by atoms with van der Waals surface area (Å²) in [5, 5.41) is 7.45. The third kappa shape index (κ3) is 5.68. The smallest absolute Gasteiger partial charge is 0.000659 e. The van der Waals surface area contributed by atoms with Crippen LogP contribution in [-0.4, -0.2) is 0 Å². The summed E-state index contributed by atoms with van der Waals surface area (Å²) >= 11 is 0. The summed E-state index contributed by atoms with van der Waals surface area (Å²) in [4.78, 5) is 0. The van der Waals surface area contributed by atoms with Crippen molar-refractivity contribution < 1.29 is 0 Å². The maximum Gasteiger partial charge on any atom is -0.000659 e. The van der Waals surface area contributed by atoms with Gasteiger partial charge in [-0.15, -0.1) is 0 Å². The maximum absolute atomic E-state index is 2.42. The SMILES string of the molecule is c1ccc(-c2ccc3c(c2-c2ccccc2)-c2c(c(-c4cccc5ccccc45)c(-c4cccc5ccccc45)c(-c4cccc5ccccc45)c2-c2ccccc2)C3)cc1. The van der Waals surface area contributed by atoms with Gasteiger partial charge in [-0.05, 0) is 128 Å². The Morgan fingerprint density at radius 1 is 0.213 bits per heavy atom. The van der Waals surface area contributed by atoms with E-state index in [2.05, 4.69) is 231 Å². The molecule has 0 aliphatic heterocycles. The zero-order chi connectivity index (χ0) is 40.3. The molecule has 284 valence electrons. The first-order chi connectivity index (χ1) is 30.3. The molecule has 0 N–H and O–H groups in total. The highest BCUT2D eigenvalue weighted by Crippen LogP contribution is 2.60. The predicted octanol–water partition coefficient (Wildman–Crippen LogP) is 16.7. The highest BCUT2D eigenvalue weighted by Gasteiger charge is 2.36. The van der Waals surface area contributed by atoms with E-state index in [1.54, 1.807) is 0 Å². The fraction of sp³-hybridized carbons (Fsp3) is 0.0164. The average molecular weight is 773 g/mol. The summed E-state index contributed by atoms with van der Waals surface area (Å²) in [5.74, 6) is 0. The molecule has 0 heterocycles. The van der Waals surface area contributed by atoms with Crippen LogP contribution in [0.3, 0.4) is 0 Å². The molecule has 11 aromatic carbocycles. The first-order valence-electron chi connectivity index (χ1n) is 21.3. The van der Waals surface area contributed by atoms with E-state index in [0.29, 0.717) is 0 Å². The summed E-state index contributed by atoms with van der Waals surface area (Å²) < 4.78 is 0. The lowest BCUT2D eigenvalue weighted by Crippen LogP contribution is -2.02. The van der Waals surface area contributed by atoms with Crippen molar-refractivity contribution in [2.24, 2.45) is 0 Å². The molecule has 0 fully saturated rings. The number of hydrogen-bond acceptors (Lipinski definition) is 0. The Bertz CT molecular complexity index is 3450. The van der Waals surface area contributed by atoms with E-state index in [-0.39, 0.29) is 0 Å². The van der Waals surface area contributed by atoms with Crippen molar-refractivity contribution in [3.8, 4) is 77.9 Å². The van der Waals surface area contributed by atoms with Crippen LogP contribution in [0.5, 0.6) is 0 Å². The van der Waals surface area contributed by atoms with Crippen molar-refractivity contribution in [1.82, 2.24) is 0 Å². The van der Waals surface area contributed by atoms with Gasteiger partial charge in [-0.3, -0.25) is 0 Å². The largest absolute Gasteiger partial charge is 0.0622 e. The van der Waals surface area contributed by atoms with E-state index < -0.39 is 0 Å². The van der Waals surface area contributed by atoms with Gasteiger partial charge in [-0.2, -0.15) is 0 Å². The number of rotatable bonds is 6. The van der Waals surface area contributed by atoms with Gasteiger partial charge in [-0.1, -0.05) is 231 Å². The number of fused-ring (bicyclic) bond motifs is 6. The van der Waals surface area contributed by atoms with Gasteiger partial charge in [0.1, 0.15) is 0 Å². The Labute approximate surface area is 356 Å². The summed E-state index contributed by atoms with van der Waals surface area (Å²) in [6.07, 6.45) is 0.811. The molecule has 0 spiro atoms. The Kier molecular flexibility index (Phi) is 8.35. The summed E-state index contributed by atoms with van der Waals surface area (Å²) in [7, 11) is 0. The molecule has 0 saturated carbocycles. The zero-order valence-corrected chi connectivity index (χ0v) is 33.6. The minimum atomic E-state index is 0.811. The summed E-state index contributed by atoms with van der Waals surface area (Å²) in [5.41, 5.74) is 20.4. The highest BCUT2D eigenvalue weighted by atomic mass is 14.4. The van der Waals surface area contributed by atoms with Crippen LogP contribution in [0.15, 0.2) is 231 Å². The van der Waals surface area contributed by atoms with Crippen LogP contribution >= 0.6 is 0 Å². The first-order valence-corrected chi connectivity index (χ1v) is 21.3. The van der Waals surface area contributed by atoms with E-state index in [1.165, 1.54) is 121 Å². The third-order valence-electron chi connectivity index (χ3n) is 12.9. The molecule has 0 atom stereocenters. The second kappa shape index (κ2) is 14.5. The Hall–Kier alpha value is -7.80. The Morgan fingerprint density at radius 3 is 1.11 bits per heavy atom. The van der Waals surface area contributed by atoms with Crippen LogP contribution in [0.1, 0.15) is 11.1 Å². The van der Waals surface area contributed by atoms with Crippen molar-refractivity contribution in [2.45, 2.75) is 6.42 Å². The maximum atomic E-state index is 2.42. The molecule has 0 bridgehead atoms. The standard InChI is InChI=1S/C61H40/c1-4-19-43(20-5-1)50-38-37-46-39-54-58(51-34-16-28-40-21-10-13-31-47(40)51)60(53-36-18-30-42-23-12-15-33-49(42)53)59(52-35-17-29-41-22-11-14-32-48(41)52)56(45-26-8-3-9-27-45)61(54)57(46)55(50)44-24-6-2-7-25-44/h1-38H,39H2. The van der Waals surface area contributed by atoms with Crippen LogP contribution in [0.25, 0.3) is 110 Å². The monoisotopic (exact) mass is 772 g/mol. The number of hydrogen-bond donors (Lipinski definition) is 0. The number of benzene rings is 11. The van der Waals surface area contributed by atoms with Crippen LogP contribution < -0.4 is 0 Å². The summed E-state index contributed by atoms with van der Waals surface area (Å²) in [6.45, 7) is 0. The van der Waals surface area contributed by atoms with Gasteiger partial charge in [0.15, 0.2) is 0 Å². The molecule has 12 rings (SSSR count). The highest BCUT2D eigenvalue weighted by molar-refractivity contribution is 6.20. The lowest BCUT2D eigenvalue weighted by molar-refractivity contribution is 1.27. The molecule has 0 aromatic heterocycles. The molecular formula is C61H40. The van der Waals surface area contributed by atoms with E-state index in [9.17, 15) is 0 Å². The molecule has 0 amide bonds. The zero-order valence-electron chi connectivity index (χ0n) is 33.6. The van der Waals surface area contributed by atoms with Gasteiger partial charge < -0.3 is 0 Å². The van der Waals surface area contributed by atoms with Gasteiger partial charge in [0, 0.05) is 0 Å². The van der Waals surface area contributed by atoms with Gasteiger partial charge in [0.05, 0.1) is 0 Å². The normalized spacial score (nSPS) is 11.9. The van der Waals surface area contributed by atoms with Crippen LogP contribution in [0.4, 0.5) is 0 Å². The van der Waals surface area contributed by atoms with E-state index >= 15 is 0 Å². The molecule has 0 unspecified atom stereocenters. The first kappa shape index (κ1) is 35.2. The van der Waals surface area contributed by atoms with Gasteiger partial charge in [-0.25, -0.2) is 0 Å². The topological polar surface area (TPSA) is 0 Å². The lowest BCUT2D eigenvalue weighted by Gasteiger charge is -2.28. The van der Waals surface area contributed by atoms with Crippen molar-refractivity contribution in [3.05, 3.63) is 242 Å². The molecular weight excluding hydrogens is 733 g/mol. The van der Waals surface area contributed by atoms with Crippen LogP contribution in [-0.2, 0) is 6.42 Å². The van der Waals surface area contributed by atoms with Crippen LogP contribution in [0, 0.1) is 0 Å². The third-order valence-corrected chi connectivity index (χ3v) is 12.9. The molecule has 61 heavy (non-hydrogen) atoms. The molecule has 0 radical (unpaired) electrons. The quantitative estimate of drug-likeness (QED) is 0.158. The van der Waals surface area contributed by atoms with E-state index in [1.807, 2.05) is 0 Å². The average Bonchev–Trinajstić information content (AvgIpc) is 3.72. The van der Waals surface area contributed by atoms with Crippen molar-refractivity contribution in [2.75, 3.05) is 0 Å². The van der Waals surface area contributed by atoms with Crippen molar-refractivity contribution in [3.63, 3.8) is 0 Å². The predicted molar refractivity (Wildman–Crippen MR) is 260 cm³/mol. The molecule has 1 aliphatic carbocycles. The fourth-order valence-corrected chi connectivity index (χ4v) is 10.3. The van der Waals surface area contributed by atoms with Gasteiger partial charge in [0.2, 0.25) is 0 Å². The van der Waals surface area contributed by atoms with Crippen molar-refractivity contribution in [1.29, 1.82) is 0 Å². The minimum absolute atomic E-state index is 0.811. The van der Waals surface area contributed by atoms with E-state index in [4.69, 9.17) is 0 Å². The van der Waals surface area contributed by atoms with Crippen LogP contribution in [0.2, 0.25) is 0 Å². The molecule has 1 aliphatic rings. The Balaban J connectivity index is 1.38. The van der Waals surface area contributed by atoms with Gasteiger partial charge in [0.25, 0.3) is 0 Å². The van der Waals surface area contributed by atoms with Gasteiger partial charge >= 0.3 is 0 Å². The second-order valence-electron chi connectivity index (χ2n) is 16.2. The Morgan fingerprint density at radius 2 is 0.607 bits per heavy atom. The minimum Gasteiger partial charge on any atom is -0.0622 e.